The van der Waals surface area contributed by atoms with Gasteiger partial charge in [-0.1, -0.05) is 60.7 Å². The number of para-hydroxylation sites is 1. The summed E-state index contributed by atoms with van der Waals surface area (Å²) >= 11 is 1.39. The van der Waals surface area contributed by atoms with E-state index in [4.69, 9.17) is 0 Å². The van der Waals surface area contributed by atoms with Crippen LogP contribution in [0, 0.1) is 0 Å². The molecule has 0 aliphatic carbocycles. The molecule has 3 amide bonds. The van der Waals surface area contributed by atoms with Gasteiger partial charge < -0.3 is 16.0 Å². The van der Waals surface area contributed by atoms with E-state index in [1.165, 1.54) is 11.3 Å². The predicted molar refractivity (Wildman–Crippen MR) is 139 cm³/mol. The molecule has 7 heteroatoms. The van der Waals surface area contributed by atoms with Crippen LogP contribution in [0.25, 0.3) is 0 Å². The Morgan fingerprint density at radius 1 is 0.657 bits per heavy atom. The van der Waals surface area contributed by atoms with Gasteiger partial charge in [-0.05, 0) is 53.3 Å². The first kappa shape index (κ1) is 23.9. The maximum atomic E-state index is 12.8. The monoisotopic (exact) mass is 483 g/mol. The molecule has 0 aliphatic heterocycles. The summed E-state index contributed by atoms with van der Waals surface area (Å²) in [7, 11) is 0. The highest BCUT2D eigenvalue weighted by Gasteiger charge is 2.14. The number of carbonyl (C=O) groups is 3. The van der Waals surface area contributed by atoms with E-state index in [0.717, 1.165) is 17.5 Å². The Labute approximate surface area is 208 Å². The molecule has 0 unspecified atom stereocenters. The molecule has 35 heavy (non-hydrogen) atoms. The molecule has 3 aromatic carbocycles. The standard InChI is InChI=1S/C28H25N3O3S/c32-26(22-14-12-21(13-15-22)19-30-28(34)25-11-6-18-35-25)31-24-10-5-4-9-23(24)27(33)29-17-16-20-7-2-1-3-8-20/h1-15,18H,16-17,19H2,(H,29,33)(H,30,34)(H,31,32). The topological polar surface area (TPSA) is 87.3 Å². The highest BCUT2D eigenvalue weighted by atomic mass is 32.1. The number of nitrogens with one attached hydrogen (secondary N) is 3. The summed E-state index contributed by atoms with van der Waals surface area (Å²) in [5, 5.41) is 10.5. The first-order chi connectivity index (χ1) is 17.1. The molecule has 0 fully saturated rings. The number of hydrogen-bond acceptors (Lipinski definition) is 4. The summed E-state index contributed by atoms with van der Waals surface area (Å²) in [6.07, 6.45) is 0.723. The Hall–Kier alpha value is -4.23. The van der Waals surface area contributed by atoms with Crippen molar-refractivity contribution in [3.05, 3.63) is 124 Å². The van der Waals surface area contributed by atoms with E-state index in [9.17, 15) is 14.4 Å². The molecular formula is C28H25N3O3S. The van der Waals surface area contributed by atoms with Gasteiger partial charge in [-0.3, -0.25) is 14.4 Å². The van der Waals surface area contributed by atoms with Crippen molar-refractivity contribution < 1.29 is 14.4 Å². The Balaban J connectivity index is 1.33. The van der Waals surface area contributed by atoms with Gasteiger partial charge in [0.2, 0.25) is 0 Å². The van der Waals surface area contributed by atoms with Crippen LogP contribution in [-0.4, -0.2) is 24.3 Å². The zero-order valence-corrected chi connectivity index (χ0v) is 19.8. The van der Waals surface area contributed by atoms with E-state index >= 15 is 0 Å². The van der Waals surface area contributed by atoms with Crippen LogP contribution in [0.1, 0.15) is 41.5 Å². The third-order valence-electron chi connectivity index (χ3n) is 5.38. The number of anilines is 1. The van der Waals surface area contributed by atoms with Crippen molar-refractivity contribution in [3.8, 4) is 0 Å². The van der Waals surface area contributed by atoms with Gasteiger partial charge in [-0.2, -0.15) is 0 Å². The van der Waals surface area contributed by atoms with Crippen LogP contribution in [0.4, 0.5) is 5.69 Å². The highest BCUT2D eigenvalue weighted by Crippen LogP contribution is 2.17. The molecule has 3 N–H and O–H groups in total. The van der Waals surface area contributed by atoms with Crippen molar-refractivity contribution in [1.82, 2.24) is 10.6 Å². The number of rotatable bonds is 9. The summed E-state index contributed by atoms with van der Waals surface area (Å²) in [6, 6.07) is 27.5. The quantitative estimate of drug-likeness (QED) is 0.316. The lowest BCUT2D eigenvalue weighted by molar-refractivity contribution is 0.0946. The molecule has 0 atom stereocenters. The summed E-state index contributed by atoms with van der Waals surface area (Å²) in [5.74, 6) is -0.683. The molecule has 6 nitrogen and oxygen atoms in total. The molecular weight excluding hydrogens is 458 g/mol. The third-order valence-corrected chi connectivity index (χ3v) is 6.24. The van der Waals surface area contributed by atoms with Crippen molar-refractivity contribution in [3.63, 3.8) is 0 Å². The average molecular weight is 484 g/mol. The maximum absolute atomic E-state index is 12.8. The largest absolute Gasteiger partial charge is 0.352 e. The van der Waals surface area contributed by atoms with E-state index in [2.05, 4.69) is 16.0 Å². The molecule has 0 radical (unpaired) electrons. The van der Waals surface area contributed by atoms with Gasteiger partial charge in [0.25, 0.3) is 17.7 Å². The molecule has 4 rings (SSSR count). The lowest BCUT2D eigenvalue weighted by Gasteiger charge is -2.12. The highest BCUT2D eigenvalue weighted by molar-refractivity contribution is 7.12. The lowest BCUT2D eigenvalue weighted by atomic mass is 10.1. The Morgan fingerprint density at radius 2 is 1.40 bits per heavy atom. The van der Waals surface area contributed by atoms with Gasteiger partial charge >= 0.3 is 0 Å². The van der Waals surface area contributed by atoms with Crippen LogP contribution in [0.5, 0.6) is 0 Å². The molecule has 0 saturated carbocycles. The first-order valence-corrected chi connectivity index (χ1v) is 12.1. The summed E-state index contributed by atoms with van der Waals surface area (Å²) in [6.45, 7) is 0.861. The minimum absolute atomic E-state index is 0.125. The second-order valence-electron chi connectivity index (χ2n) is 7.85. The summed E-state index contributed by atoms with van der Waals surface area (Å²) in [4.78, 5) is 38.3. The molecule has 0 spiro atoms. The molecule has 176 valence electrons. The van der Waals surface area contributed by atoms with Gasteiger partial charge in [0, 0.05) is 18.7 Å². The number of carbonyl (C=O) groups excluding carboxylic acids is 3. The van der Waals surface area contributed by atoms with Crippen molar-refractivity contribution in [1.29, 1.82) is 0 Å². The SMILES string of the molecule is O=C(Nc1ccccc1C(=O)NCCc1ccccc1)c1ccc(CNC(=O)c2cccs2)cc1. The average Bonchev–Trinajstić information content (AvgIpc) is 3.44. The van der Waals surface area contributed by atoms with Crippen LogP contribution >= 0.6 is 11.3 Å². The zero-order valence-electron chi connectivity index (χ0n) is 19.0. The second kappa shape index (κ2) is 11.8. The molecule has 1 heterocycles. The van der Waals surface area contributed by atoms with Crippen LogP contribution < -0.4 is 16.0 Å². The van der Waals surface area contributed by atoms with E-state index in [-0.39, 0.29) is 17.7 Å². The van der Waals surface area contributed by atoms with Crippen LogP contribution in [-0.2, 0) is 13.0 Å². The van der Waals surface area contributed by atoms with Gasteiger partial charge in [0.1, 0.15) is 0 Å². The minimum Gasteiger partial charge on any atom is -0.352 e. The fourth-order valence-electron chi connectivity index (χ4n) is 3.50. The second-order valence-corrected chi connectivity index (χ2v) is 8.80. The normalized spacial score (nSPS) is 10.4. The van der Waals surface area contributed by atoms with Crippen LogP contribution in [0.15, 0.2) is 96.4 Å². The number of benzene rings is 3. The van der Waals surface area contributed by atoms with Gasteiger partial charge in [-0.15, -0.1) is 11.3 Å². The molecule has 0 bridgehead atoms. The number of amides is 3. The zero-order chi connectivity index (χ0) is 24.5. The van der Waals surface area contributed by atoms with Gasteiger partial charge in [0.05, 0.1) is 16.1 Å². The molecule has 1 aromatic heterocycles. The van der Waals surface area contributed by atoms with E-state index < -0.39 is 0 Å². The van der Waals surface area contributed by atoms with Gasteiger partial charge in [-0.25, -0.2) is 0 Å². The Kier molecular flexibility index (Phi) is 8.04. The van der Waals surface area contributed by atoms with Crippen LogP contribution in [0.3, 0.4) is 0 Å². The van der Waals surface area contributed by atoms with Crippen molar-refractivity contribution in [2.24, 2.45) is 0 Å². The summed E-state index contributed by atoms with van der Waals surface area (Å²) in [5.41, 5.74) is 3.33. The fraction of sp³-hybridized carbons (Fsp3) is 0.107. The fourth-order valence-corrected chi connectivity index (χ4v) is 4.14. The Morgan fingerprint density at radius 3 is 2.14 bits per heavy atom. The lowest BCUT2D eigenvalue weighted by Crippen LogP contribution is -2.27. The van der Waals surface area contributed by atoms with E-state index in [0.29, 0.717) is 34.8 Å². The Bertz CT molecular complexity index is 1290. The smallest absolute Gasteiger partial charge is 0.261 e. The van der Waals surface area contributed by atoms with Gasteiger partial charge in [0.15, 0.2) is 0 Å². The molecule has 4 aromatic rings. The molecule has 0 aliphatic rings. The summed E-state index contributed by atoms with van der Waals surface area (Å²) < 4.78 is 0. The van der Waals surface area contributed by atoms with Crippen molar-refractivity contribution in [2.45, 2.75) is 13.0 Å². The number of thiophene rings is 1. The van der Waals surface area contributed by atoms with E-state index in [1.807, 2.05) is 41.8 Å². The molecule has 0 saturated heterocycles. The first-order valence-electron chi connectivity index (χ1n) is 11.2. The van der Waals surface area contributed by atoms with Crippen molar-refractivity contribution >= 4 is 34.7 Å². The maximum Gasteiger partial charge on any atom is 0.261 e. The third kappa shape index (κ3) is 6.65. The predicted octanol–water partition coefficient (Wildman–Crippen LogP) is 4.90. The number of hydrogen-bond donors (Lipinski definition) is 3. The van der Waals surface area contributed by atoms with Crippen LogP contribution in [0.2, 0.25) is 0 Å². The van der Waals surface area contributed by atoms with Crippen molar-refractivity contribution in [2.75, 3.05) is 11.9 Å². The van der Waals surface area contributed by atoms with E-state index in [1.54, 1.807) is 54.6 Å². The minimum atomic E-state index is -0.316.